The van der Waals surface area contributed by atoms with Crippen LogP contribution in [-0.2, 0) is 17.8 Å². The number of methoxy groups -OCH3 is 2. The third kappa shape index (κ3) is 2.94. The quantitative estimate of drug-likeness (QED) is 0.686. The number of thiophene rings is 1. The van der Waals surface area contributed by atoms with Gasteiger partial charge in [0.15, 0.2) is 5.82 Å². The SMILES string of the molecule is COCc1nc(OC)c2c(C)c(C(=O)N3CCc4cc(F)ccc43)sc2n1. The normalized spacial score (nSPS) is 13.3. The van der Waals surface area contributed by atoms with E-state index < -0.39 is 0 Å². The van der Waals surface area contributed by atoms with Gasteiger partial charge in [0.25, 0.3) is 5.91 Å². The Morgan fingerprint density at radius 1 is 1.33 bits per heavy atom. The summed E-state index contributed by atoms with van der Waals surface area (Å²) in [5, 5.41) is 0.740. The zero-order chi connectivity index (χ0) is 19.1. The van der Waals surface area contributed by atoms with E-state index in [0.29, 0.717) is 34.4 Å². The van der Waals surface area contributed by atoms with E-state index in [1.54, 1.807) is 25.2 Å². The second-order valence-electron chi connectivity index (χ2n) is 6.30. The van der Waals surface area contributed by atoms with Crippen molar-refractivity contribution in [3.05, 3.63) is 45.8 Å². The van der Waals surface area contributed by atoms with Crippen LogP contribution in [-0.4, -0.2) is 36.6 Å². The first kappa shape index (κ1) is 17.8. The summed E-state index contributed by atoms with van der Waals surface area (Å²) in [6.07, 6.45) is 0.643. The van der Waals surface area contributed by atoms with Gasteiger partial charge in [-0.2, -0.15) is 4.98 Å². The average molecular weight is 387 g/mol. The van der Waals surface area contributed by atoms with Gasteiger partial charge in [-0.15, -0.1) is 11.3 Å². The van der Waals surface area contributed by atoms with E-state index in [2.05, 4.69) is 9.97 Å². The fourth-order valence-corrected chi connectivity index (χ4v) is 4.53. The number of carbonyl (C=O) groups is 1. The minimum atomic E-state index is -0.285. The summed E-state index contributed by atoms with van der Waals surface area (Å²) >= 11 is 1.31. The molecule has 3 aromatic rings. The van der Waals surface area contributed by atoms with E-state index in [4.69, 9.17) is 9.47 Å². The Kier molecular flexibility index (Phi) is 4.53. The Hall–Kier alpha value is -2.58. The van der Waals surface area contributed by atoms with Crippen molar-refractivity contribution in [3.63, 3.8) is 0 Å². The molecule has 0 spiro atoms. The first-order chi connectivity index (χ1) is 13.0. The third-order valence-electron chi connectivity index (χ3n) is 4.65. The maximum atomic E-state index is 13.5. The molecule has 0 atom stereocenters. The molecule has 0 N–H and O–H groups in total. The van der Waals surface area contributed by atoms with E-state index in [-0.39, 0.29) is 18.3 Å². The highest BCUT2D eigenvalue weighted by Gasteiger charge is 2.29. The molecule has 1 aromatic carbocycles. The monoisotopic (exact) mass is 387 g/mol. The standard InChI is InChI=1S/C19H18FN3O3S/c1-10-15-17(26-3)21-14(9-25-2)22-18(15)27-16(10)19(24)23-7-6-11-8-12(20)4-5-13(11)23/h4-5,8H,6-7,9H2,1-3H3. The van der Waals surface area contributed by atoms with Crippen LogP contribution in [0.1, 0.15) is 26.6 Å². The number of halogens is 1. The fourth-order valence-electron chi connectivity index (χ4n) is 3.39. The van der Waals surface area contributed by atoms with Crippen molar-refractivity contribution in [2.75, 3.05) is 25.7 Å². The van der Waals surface area contributed by atoms with Gasteiger partial charge in [-0.3, -0.25) is 4.79 Å². The van der Waals surface area contributed by atoms with Crippen molar-refractivity contribution in [3.8, 4) is 5.88 Å². The lowest BCUT2D eigenvalue weighted by molar-refractivity contribution is 0.0993. The summed E-state index contributed by atoms with van der Waals surface area (Å²) in [5.74, 6) is 0.538. The second kappa shape index (κ2) is 6.86. The molecule has 0 bridgehead atoms. The lowest BCUT2D eigenvalue weighted by atomic mass is 10.1. The van der Waals surface area contributed by atoms with Gasteiger partial charge in [0.05, 0.1) is 17.4 Å². The number of ether oxygens (including phenoxy) is 2. The highest BCUT2D eigenvalue weighted by molar-refractivity contribution is 7.20. The van der Waals surface area contributed by atoms with E-state index in [1.165, 1.54) is 23.5 Å². The number of aromatic nitrogens is 2. The number of hydrogen-bond acceptors (Lipinski definition) is 6. The molecule has 2 aromatic heterocycles. The Balaban J connectivity index is 1.78. The van der Waals surface area contributed by atoms with Gasteiger partial charge in [0, 0.05) is 19.3 Å². The Morgan fingerprint density at radius 2 is 2.15 bits per heavy atom. The second-order valence-corrected chi connectivity index (χ2v) is 7.30. The molecule has 0 saturated heterocycles. The van der Waals surface area contributed by atoms with Gasteiger partial charge < -0.3 is 14.4 Å². The third-order valence-corrected chi connectivity index (χ3v) is 5.82. The summed E-state index contributed by atoms with van der Waals surface area (Å²) in [6.45, 7) is 2.66. The van der Waals surface area contributed by atoms with Gasteiger partial charge in [-0.05, 0) is 42.7 Å². The van der Waals surface area contributed by atoms with Crippen molar-refractivity contribution >= 4 is 33.1 Å². The number of hydrogen-bond donors (Lipinski definition) is 0. The highest BCUT2D eigenvalue weighted by atomic mass is 32.1. The van der Waals surface area contributed by atoms with E-state index in [1.807, 2.05) is 6.92 Å². The lowest BCUT2D eigenvalue weighted by Gasteiger charge is -2.16. The molecule has 0 fully saturated rings. The Morgan fingerprint density at radius 3 is 2.89 bits per heavy atom. The van der Waals surface area contributed by atoms with Crippen LogP contribution in [0.15, 0.2) is 18.2 Å². The van der Waals surface area contributed by atoms with Gasteiger partial charge >= 0.3 is 0 Å². The van der Waals surface area contributed by atoms with Crippen LogP contribution < -0.4 is 9.64 Å². The zero-order valence-electron chi connectivity index (χ0n) is 15.2. The van der Waals surface area contributed by atoms with Crippen LogP contribution in [0.2, 0.25) is 0 Å². The number of fused-ring (bicyclic) bond motifs is 2. The average Bonchev–Trinajstić information content (AvgIpc) is 3.22. The maximum Gasteiger partial charge on any atom is 0.268 e. The summed E-state index contributed by atoms with van der Waals surface area (Å²) < 4.78 is 24.0. The molecular formula is C19H18FN3O3S. The predicted octanol–water partition coefficient (Wildman–Crippen LogP) is 3.50. The van der Waals surface area contributed by atoms with E-state index >= 15 is 0 Å². The van der Waals surface area contributed by atoms with Gasteiger partial charge in [0.2, 0.25) is 5.88 Å². The van der Waals surface area contributed by atoms with Gasteiger partial charge in [-0.1, -0.05) is 0 Å². The summed E-state index contributed by atoms with van der Waals surface area (Å²) in [5.41, 5.74) is 2.40. The summed E-state index contributed by atoms with van der Waals surface area (Å²) in [4.78, 5) is 25.1. The Labute approximate surface area is 159 Å². The van der Waals surface area contributed by atoms with E-state index in [9.17, 15) is 9.18 Å². The van der Waals surface area contributed by atoms with Crippen LogP contribution in [0.3, 0.4) is 0 Å². The Bertz CT molecular complexity index is 1050. The molecule has 1 amide bonds. The minimum Gasteiger partial charge on any atom is -0.480 e. The number of rotatable bonds is 4. The number of nitrogens with zero attached hydrogens (tertiary/aromatic N) is 3. The van der Waals surface area contributed by atoms with Crippen molar-refractivity contribution < 1.29 is 18.7 Å². The number of benzene rings is 1. The maximum absolute atomic E-state index is 13.5. The number of carbonyl (C=O) groups excluding carboxylic acids is 1. The first-order valence-corrected chi connectivity index (χ1v) is 9.28. The molecule has 6 nitrogen and oxygen atoms in total. The number of amides is 1. The molecule has 0 saturated carbocycles. The van der Waals surface area contributed by atoms with E-state index in [0.717, 1.165) is 22.2 Å². The zero-order valence-corrected chi connectivity index (χ0v) is 16.0. The van der Waals surface area contributed by atoms with Crippen LogP contribution in [0.5, 0.6) is 5.88 Å². The largest absolute Gasteiger partial charge is 0.480 e. The smallest absolute Gasteiger partial charge is 0.268 e. The molecule has 0 aliphatic carbocycles. The highest BCUT2D eigenvalue weighted by Crippen LogP contribution is 2.38. The molecule has 3 heterocycles. The molecule has 140 valence electrons. The molecule has 1 aliphatic rings. The lowest BCUT2D eigenvalue weighted by Crippen LogP contribution is -2.28. The molecule has 0 unspecified atom stereocenters. The molecule has 1 aliphatic heterocycles. The fraction of sp³-hybridized carbons (Fsp3) is 0.316. The number of aryl methyl sites for hydroxylation is 1. The van der Waals surface area contributed by atoms with Crippen molar-refractivity contribution in [2.45, 2.75) is 20.0 Å². The molecule has 0 radical (unpaired) electrons. The topological polar surface area (TPSA) is 64.6 Å². The minimum absolute atomic E-state index is 0.115. The molecule has 27 heavy (non-hydrogen) atoms. The molecular weight excluding hydrogens is 369 g/mol. The van der Waals surface area contributed by atoms with Crippen LogP contribution in [0.4, 0.5) is 10.1 Å². The van der Waals surface area contributed by atoms with Crippen molar-refractivity contribution in [1.82, 2.24) is 9.97 Å². The van der Waals surface area contributed by atoms with Crippen LogP contribution in [0, 0.1) is 12.7 Å². The van der Waals surface area contributed by atoms with Gasteiger partial charge in [-0.25, -0.2) is 9.37 Å². The van der Waals surface area contributed by atoms with Gasteiger partial charge in [0.1, 0.15) is 17.3 Å². The van der Waals surface area contributed by atoms with Crippen LogP contribution >= 0.6 is 11.3 Å². The van der Waals surface area contributed by atoms with Crippen LogP contribution in [0.25, 0.3) is 10.2 Å². The molecule has 8 heteroatoms. The molecule has 4 rings (SSSR count). The van der Waals surface area contributed by atoms with Crippen molar-refractivity contribution in [1.29, 1.82) is 0 Å². The first-order valence-electron chi connectivity index (χ1n) is 8.46. The predicted molar refractivity (Wildman–Crippen MR) is 101 cm³/mol. The summed E-state index contributed by atoms with van der Waals surface area (Å²) in [6, 6.07) is 4.54. The summed E-state index contributed by atoms with van der Waals surface area (Å²) in [7, 11) is 3.12. The number of anilines is 1. The van der Waals surface area contributed by atoms with Crippen molar-refractivity contribution in [2.24, 2.45) is 0 Å².